The smallest absolute Gasteiger partial charge is 0.0313 e. The summed E-state index contributed by atoms with van der Waals surface area (Å²) in [7, 11) is 2.26. The maximum Gasteiger partial charge on any atom is 0.0313 e. The monoisotopic (exact) mass is 247 g/mol. The first kappa shape index (κ1) is 13.5. The highest BCUT2D eigenvalue weighted by molar-refractivity contribution is 5.16. The molecule has 100 valence electrons. The highest BCUT2D eigenvalue weighted by Gasteiger charge is 2.18. The topological polar surface area (TPSA) is 28.2 Å². The Hall–Kier alpha value is -0.930. The van der Waals surface area contributed by atoms with Gasteiger partial charge in [0.1, 0.15) is 0 Å². The van der Waals surface area contributed by atoms with E-state index in [9.17, 15) is 0 Å². The van der Waals surface area contributed by atoms with Crippen molar-refractivity contribution in [2.24, 2.45) is 0 Å². The van der Waals surface area contributed by atoms with Gasteiger partial charge >= 0.3 is 0 Å². The summed E-state index contributed by atoms with van der Waals surface area (Å²) in [4.78, 5) is 6.72. The molecule has 0 aromatic carbocycles. The molecule has 0 aliphatic heterocycles. The lowest BCUT2D eigenvalue weighted by Gasteiger charge is -2.23. The summed E-state index contributed by atoms with van der Waals surface area (Å²) in [6.07, 6.45) is 9.45. The standard InChI is InChI=1S/C15H25N3/c1-13-9-14(12-17-10-13)11-16-7-8-18(2)15-5-3-4-6-15/h9-10,12,15-16H,3-8,11H2,1-2H3. The van der Waals surface area contributed by atoms with Crippen LogP contribution in [0.5, 0.6) is 0 Å². The minimum absolute atomic E-state index is 0.826. The summed E-state index contributed by atoms with van der Waals surface area (Å²) >= 11 is 0. The SMILES string of the molecule is Cc1cncc(CNCCN(C)C2CCCC2)c1. The number of nitrogens with one attached hydrogen (secondary N) is 1. The molecule has 0 saturated heterocycles. The number of pyridine rings is 1. The minimum atomic E-state index is 0.826. The number of rotatable bonds is 6. The van der Waals surface area contributed by atoms with E-state index < -0.39 is 0 Å². The minimum Gasteiger partial charge on any atom is -0.311 e. The highest BCUT2D eigenvalue weighted by Crippen LogP contribution is 2.21. The van der Waals surface area contributed by atoms with Crippen molar-refractivity contribution < 1.29 is 0 Å². The molecule has 1 fully saturated rings. The number of hydrogen-bond donors (Lipinski definition) is 1. The van der Waals surface area contributed by atoms with Crippen LogP contribution in [0.2, 0.25) is 0 Å². The molecule has 1 aromatic heterocycles. The third kappa shape index (κ3) is 4.07. The number of hydrogen-bond acceptors (Lipinski definition) is 3. The summed E-state index contributed by atoms with van der Waals surface area (Å²) < 4.78 is 0. The van der Waals surface area contributed by atoms with Crippen molar-refractivity contribution in [1.29, 1.82) is 0 Å². The van der Waals surface area contributed by atoms with Crippen molar-refractivity contribution >= 4 is 0 Å². The molecule has 0 atom stereocenters. The lowest BCUT2D eigenvalue weighted by atomic mass is 10.2. The molecule has 3 nitrogen and oxygen atoms in total. The number of aryl methyl sites for hydroxylation is 1. The van der Waals surface area contributed by atoms with Crippen LogP contribution in [0.4, 0.5) is 0 Å². The van der Waals surface area contributed by atoms with E-state index in [0.717, 1.165) is 25.7 Å². The molecule has 18 heavy (non-hydrogen) atoms. The Bertz CT molecular complexity index is 359. The fraction of sp³-hybridized carbons (Fsp3) is 0.667. The second kappa shape index (κ2) is 6.86. The Balaban J connectivity index is 1.63. The van der Waals surface area contributed by atoms with E-state index >= 15 is 0 Å². The van der Waals surface area contributed by atoms with Crippen LogP contribution in [0.3, 0.4) is 0 Å². The lowest BCUT2D eigenvalue weighted by molar-refractivity contribution is 0.245. The molecule has 1 aliphatic carbocycles. The zero-order valence-corrected chi connectivity index (χ0v) is 11.7. The Morgan fingerprint density at radius 2 is 2.11 bits per heavy atom. The van der Waals surface area contributed by atoms with E-state index in [1.54, 1.807) is 0 Å². The molecule has 0 bridgehead atoms. The van der Waals surface area contributed by atoms with Crippen LogP contribution in [0.1, 0.15) is 36.8 Å². The quantitative estimate of drug-likeness (QED) is 0.782. The number of aromatic nitrogens is 1. The molecule has 0 unspecified atom stereocenters. The molecule has 1 heterocycles. The highest BCUT2D eigenvalue weighted by atomic mass is 15.1. The Kier molecular flexibility index (Phi) is 5.14. The predicted molar refractivity (Wildman–Crippen MR) is 75.6 cm³/mol. The molecule has 1 aromatic rings. The van der Waals surface area contributed by atoms with Crippen molar-refractivity contribution in [2.75, 3.05) is 20.1 Å². The largest absolute Gasteiger partial charge is 0.311 e. The average molecular weight is 247 g/mol. The van der Waals surface area contributed by atoms with Gasteiger partial charge in [-0.25, -0.2) is 0 Å². The van der Waals surface area contributed by atoms with Gasteiger partial charge in [0, 0.05) is 38.1 Å². The van der Waals surface area contributed by atoms with Crippen LogP contribution in [0.15, 0.2) is 18.5 Å². The van der Waals surface area contributed by atoms with Gasteiger partial charge in [0.25, 0.3) is 0 Å². The zero-order valence-electron chi connectivity index (χ0n) is 11.7. The molecule has 2 rings (SSSR count). The van der Waals surface area contributed by atoms with E-state index in [1.807, 2.05) is 12.4 Å². The summed E-state index contributed by atoms with van der Waals surface area (Å²) in [5.74, 6) is 0. The molecule has 0 radical (unpaired) electrons. The van der Waals surface area contributed by atoms with E-state index in [1.165, 1.54) is 36.8 Å². The average Bonchev–Trinajstić information content (AvgIpc) is 2.88. The number of nitrogens with zero attached hydrogens (tertiary/aromatic N) is 2. The molecule has 1 aliphatic rings. The summed E-state index contributed by atoms with van der Waals surface area (Å²) in [6, 6.07) is 3.02. The van der Waals surface area contributed by atoms with E-state index in [2.05, 4.69) is 35.2 Å². The van der Waals surface area contributed by atoms with E-state index in [-0.39, 0.29) is 0 Å². The molecule has 1 N–H and O–H groups in total. The maximum atomic E-state index is 4.21. The maximum absolute atomic E-state index is 4.21. The fourth-order valence-electron chi connectivity index (χ4n) is 2.73. The molecule has 0 spiro atoms. The van der Waals surface area contributed by atoms with Gasteiger partial charge in [-0.15, -0.1) is 0 Å². The van der Waals surface area contributed by atoms with Gasteiger partial charge in [0.15, 0.2) is 0 Å². The van der Waals surface area contributed by atoms with E-state index in [0.29, 0.717) is 0 Å². The van der Waals surface area contributed by atoms with Crippen LogP contribution in [0.25, 0.3) is 0 Å². The van der Waals surface area contributed by atoms with Gasteiger partial charge in [-0.1, -0.05) is 18.9 Å². The van der Waals surface area contributed by atoms with Gasteiger partial charge in [-0.3, -0.25) is 4.98 Å². The Labute approximate surface area is 111 Å². The second-order valence-corrected chi connectivity index (χ2v) is 5.47. The first-order valence-corrected chi connectivity index (χ1v) is 7.07. The third-order valence-corrected chi connectivity index (χ3v) is 3.85. The van der Waals surface area contributed by atoms with Crippen molar-refractivity contribution in [1.82, 2.24) is 15.2 Å². The molecule has 0 amide bonds. The van der Waals surface area contributed by atoms with Gasteiger partial charge in [-0.05, 0) is 37.9 Å². The van der Waals surface area contributed by atoms with Crippen molar-refractivity contribution in [2.45, 2.75) is 45.2 Å². The van der Waals surface area contributed by atoms with Crippen molar-refractivity contribution in [3.05, 3.63) is 29.6 Å². The Morgan fingerprint density at radius 1 is 1.33 bits per heavy atom. The van der Waals surface area contributed by atoms with Gasteiger partial charge in [-0.2, -0.15) is 0 Å². The van der Waals surface area contributed by atoms with Crippen molar-refractivity contribution in [3.63, 3.8) is 0 Å². The first-order chi connectivity index (χ1) is 8.75. The van der Waals surface area contributed by atoms with Crippen LogP contribution in [0, 0.1) is 6.92 Å². The molecular formula is C15H25N3. The molecule has 3 heteroatoms. The second-order valence-electron chi connectivity index (χ2n) is 5.47. The van der Waals surface area contributed by atoms with Gasteiger partial charge in [0.2, 0.25) is 0 Å². The summed E-state index contributed by atoms with van der Waals surface area (Å²) in [6.45, 7) is 5.21. The Morgan fingerprint density at radius 3 is 2.83 bits per heavy atom. The van der Waals surface area contributed by atoms with Gasteiger partial charge < -0.3 is 10.2 Å². The van der Waals surface area contributed by atoms with E-state index in [4.69, 9.17) is 0 Å². The molecule has 1 saturated carbocycles. The van der Waals surface area contributed by atoms with Gasteiger partial charge in [0.05, 0.1) is 0 Å². The zero-order chi connectivity index (χ0) is 12.8. The van der Waals surface area contributed by atoms with Crippen LogP contribution in [-0.4, -0.2) is 36.1 Å². The fourth-order valence-corrected chi connectivity index (χ4v) is 2.73. The normalized spacial score (nSPS) is 16.6. The first-order valence-electron chi connectivity index (χ1n) is 7.07. The number of likely N-dealkylation sites (N-methyl/N-ethyl adjacent to an activating group) is 1. The van der Waals surface area contributed by atoms with Crippen LogP contribution in [-0.2, 0) is 6.54 Å². The predicted octanol–water partition coefficient (Wildman–Crippen LogP) is 2.35. The molecular weight excluding hydrogens is 222 g/mol. The third-order valence-electron chi connectivity index (χ3n) is 3.85. The lowest BCUT2D eigenvalue weighted by Crippen LogP contribution is -2.35. The van der Waals surface area contributed by atoms with Crippen LogP contribution < -0.4 is 5.32 Å². The summed E-state index contributed by atoms with van der Waals surface area (Å²) in [5.41, 5.74) is 2.51. The summed E-state index contributed by atoms with van der Waals surface area (Å²) in [5, 5.41) is 3.50. The van der Waals surface area contributed by atoms with Crippen molar-refractivity contribution in [3.8, 4) is 0 Å². The van der Waals surface area contributed by atoms with Crippen LogP contribution >= 0.6 is 0 Å².